The van der Waals surface area contributed by atoms with Crippen LogP contribution in [0, 0.1) is 0 Å². The van der Waals surface area contributed by atoms with Gasteiger partial charge in [-0.05, 0) is 47.9 Å². The van der Waals surface area contributed by atoms with Crippen LogP contribution in [0.15, 0.2) is 41.3 Å². The molecule has 128 valence electrons. The van der Waals surface area contributed by atoms with Gasteiger partial charge in [0.05, 0.1) is 19.1 Å². The molecule has 0 unspecified atom stereocenters. The summed E-state index contributed by atoms with van der Waals surface area (Å²) < 4.78 is 37.8. The summed E-state index contributed by atoms with van der Waals surface area (Å²) in [6.45, 7) is 0.710. The van der Waals surface area contributed by atoms with Gasteiger partial charge in [0.2, 0.25) is 10.0 Å². The Hall–Kier alpha value is -1.76. The number of ether oxygens (including phenoxy) is 2. The fourth-order valence-electron chi connectivity index (χ4n) is 2.84. The number of rotatable bonds is 4. The van der Waals surface area contributed by atoms with Crippen molar-refractivity contribution in [1.29, 1.82) is 0 Å². The normalized spacial score (nSPS) is 15.0. The minimum atomic E-state index is -3.59. The summed E-state index contributed by atoms with van der Waals surface area (Å²) in [5.41, 5.74) is 2.00. The maximum absolute atomic E-state index is 12.8. The highest BCUT2D eigenvalue weighted by atomic mass is 35.5. The molecule has 1 heterocycles. The van der Waals surface area contributed by atoms with Crippen molar-refractivity contribution in [2.24, 2.45) is 0 Å². The first-order chi connectivity index (χ1) is 11.5. The Morgan fingerprint density at radius 1 is 1.04 bits per heavy atom. The second-order valence-corrected chi connectivity index (χ2v) is 7.90. The van der Waals surface area contributed by atoms with E-state index in [1.54, 1.807) is 32.4 Å². The molecule has 0 saturated heterocycles. The largest absolute Gasteiger partial charge is 0.493 e. The van der Waals surface area contributed by atoms with Crippen molar-refractivity contribution in [1.82, 2.24) is 4.31 Å². The zero-order valence-corrected chi connectivity index (χ0v) is 15.0. The van der Waals surface area contributed by atoms with E-state index >= 15 is 0 Å². The molecule has 1 aliphatic heterocycles. The van der Waals surface area contributed by atoms with Crippen LogP contribution in [0.3, 0.4) is 0 Å². The van der Waals surface area contributed by atoms with Crippen LogP contribution in [0.2, 0.25) is 5.02 Å². The van der Waals surface area contributed by atoms with Crippen LogP contribution in [0.4, 0.5) is 0 Å². The molecule has 5 nitrogen and oxygen atoms in total. The maximum Gasteiger partial charge on any atom is 0.243 e. The van der Waals surface area contributed by atoms with Crippen LogP contribution < -0.4 is 9.47 Å². The van der Waals surface area contributed by atoms with Gasteiger partial charge in [-0.1, -0.05) is 17.7 Å². The number of hydrogen-bond donors (Lipinski definition) is 0. The van der Waals surface area contributed by atoms with Crippen LogP contribution in [0.5, 0.6) is 11.5 Å². The fraction of sp³-hybridized carbons (Fsp3) is 0.294. The molecule has 2 aromatic rings. The lowest BCUT2D eigenvalue weighted by molar-refractivity contribution is 0.348. The van der Waals surface area contributed by atoms with Crippen LogP contribution in [0.1, 0.15) is 11.1 Å². The van der Waals surface area contributed by atoms with E-state index in [-0.39, 0.29) is 4.90 Å². The highest BCUT2D eigenvalue weighted by Crippen LogP contribution is 2.34. The second kappa shape index (κ2) is 6.63. The lowest BCUT2D eigenvalue weighted by Crippen LogP contribution is -2.36. The number of sulfonamides is 1. The van der Waals surface area contributed by atoms with Crippen LogP contribution >= 0.6 is 11.6 Å². The molecule has 24 heavy (non-hydrogen) atoms. The number of methoxy groups -OCH3 is 2. The molecule has 0 fully saturated rings. The van der Waals surface area contributed by atoms with E-state index in [0.29, 0.717) is 36.0 Å². The molecule has 0 N–H and O–H groups in total. The van der Waals surface area contributed by atoms with Crippen LogP contribution in [-0.2, 0) is 23.0 Å². The quantitative estimate of drug-likeness (QED) is 0.833. The number of benzene rings is 2. The minimum Gasteiger partial charge on any atom is -0.493 e. The summed E-state index contributed by atoms with van der Waals surface area (Å²) in [4.78, 5) is 0.207. The third kappa shape index (κ3) is 3.09. The van der Waals surface area contributed by atoms with Crippen molar-refractivity contribution >= 4 is 21.6 Å². The van der Waals surface area contributed by atoms with Crippen molar-refractivity contribution in [3.63, 3.8) is 0 Å². The van der Waals surface area contributed by atoms with Gasteiger partial charge in [-0.3, -0.25) is 0 Å². The monoisotopic (exact) mass is 367 g/mol. The van der Waals surface area contributed by atoms with Gasteiger partial charge < -0.3 is 9.47 Å². The molecule has 0 radical (unpaired) electrons. The third-order valence-corrected chi connectivity index (χ3v) is 6.19. The summed E-state index contributed by atoms with van der Waals surface area (Å²) >= 11 is 5.93. The average molecular weight is 368 g/mol. The number of nitrogens with zero attached hydrogens (tertiary/aromatic N) is 1. The Morgan fingerprint density at radius 2 is 1.71 bits per heavy atom. The standard InChI is InChI=1S/C17H18ClNO4S/c1-22-16-8-12-6-7-19(11-13(12)9-17(16)23-2)24(20,21)15-5-3-4-14(18)10-15/h3-5,8-10H,6-7,11H2,1-2H3. The molecule has 0 amide bonds. The molecule has 7 heteroatoms. The Bertz CT molecular complexity index is 867. The van der Waals surface area contributed by atoms with Crippen LogP contribution in [-0.4, -0.2) is 33.5 Å². The smallest absolute Gasteiger partial charge is 0.243 e. The molecule has 2 aromatic carbocycles. The van der Waals surface area contributed by atoms with Crippen molar-refractivity contribution < 1.29 is 17.9 Å². The van der Waals surface area contributed by atoms with Gasteiger partial charge >= 0.3 is 0 Å². The first-order valence-electron chi connectivity index (χ1n) is 7.45. The zero-order valence-electron chi connectivity index (χ0n) is 13.5. The maximum atomic E-state index is 12.8. The van der Waals surface area contributed by atoms with Gasteiger partial charge in [0.25, 0.3) is 0 Å². The minimum absolute atomic E-state index is 0.207. The summed E-state index contributed by atoms with van der Waals surface area (Å²) in [6, 6.07) is 10.1. The van der Waals surface area contributed by atoms with Gasteiger partial charge in [0, 0.05) is 18.1 Å². The van der Waals surface area contributed by atoms with Gasteiger partial charge in [-0.2, -0.15) is 4.31 Å². The van der Waals surface area contributed by atoms with Gasteiger partial charge in [-0.25, -0.2) is 8.42 Å². The molecule has 0 aromatic heterocycles. The van der Waals surface area contributed by atoms with Gasteiger partial charge in [-0.15, -0.1) is 0 Å². The first kappa shape index (κ1) is 17.1. The highest BCUT2D eigenvalue weighted by molar-refractivity contribution is 7.89. The number of fused-ring (bicyclic) bond motifs is 1. The fourth-order valence-corrected chi connectivity index (χ4v) is 4.56. The SMILES string of the molecule is COc1cc2c(cc1OC)CN(S(=O)(=O)c1cccc(Cl)c1)CC2. The Kier molecular flexibility index (Phi) is 4.71. The second-order valence-electron chi connectivity index (χ2n) is 5.52. The molecule has 0 saturated carbocycles. The Morgan fingerprint density at radius 3 is 2.33 bits per heavy atom. The lowest BCUT2D eigenvalue weighted by Gasteiger charge is -2.29. The zero-order chi connectivity index (χ0) is 17.3. The predicted molar refractivity (Wildman–Crippen MR) is 92.3 cm³/mol. The summed E-state index contributed by atoms with van der Waals surface area (Å²) in [5, 5.41) is 0.403. The topological polar surface area (TPSA) is 55.8 Å². The Labute approximate surface area is 146 Å². The molecule has 1 aliphatic rings. The molecular weight excluding hydrogens is 350 g/mol. The first-order valence-corrected chi connectivity index (χ1v) is 9.27. The van der Waals surface area contributed by atoms with Gasteiger partial charge in [0.1, 0.15) is 0 Å². The van der Waals surface area contributed by atoms with Crippen molar-refractivity contribution in [3.8, 4) is 11.5 Å². The van der Waals surface area contributed by atoms with E-state index in [4.69, 9.17) is 21.1 Å². The van der Waals surface area contributed by atoms with Crippen molar-refractivity contribution in [2.75, 3.05) is 20.8 Å². The van der Waals surface area contributed by atoms with Crippen molar-refractivity contribution in [3.05, 3.63) is 52.5 Å². The molecule has 0 atom stereocenters. The molecule has 0 aliphatic carbocycles. The highest BCUT2D eigenvalue weighted by Gasteiger charge is 2.29. The molecule has 0 bridgehead atoms. The Balaban J connectivity index is 1.94. The van der Waals surface area contributed by atoms with E-state index in [9.17, 15) is 8.42 Å². The summed E-state index contributed by atoms with van der Waals surface area (Å²) in [7, 11) is -0.436. The van der Waals surface area contributed by atoms with E-state index in [0.717, 1.165) is 11.1 Å². The van der Waals surface area contributed by atoms with E-state index in [1.165, 1.54) is 10.4 Å². The third-order valence-electron chi connectivity index (χ3n) is 4.12. The number of hydrogen-bond acceptors (Lipinski definition) is 4. The van der Waals surface area contributed by atoms with Crippen LogP contribution in [0.25, 0.3) is 0 Å². The van der Waals surface area contributed by atoms with Gasteiger partial charge in [0.15, 0.2) is 11.5 Å². The summed E-state index contributed by atoms with van der Waals surface area (Å²) in [5.74, 6) is 1.25. The summed E-state index contributed by atoms with van der Waals surface area (Å²) in [6.07, 6.45) is 0.621. The van der Waals surface area contributed by atoms with Crippen molar-refractivity contribution in [2.45, 2.75) is 17.9 Å². The lowest BCUT2D eigenvalue weighted by atomic mass is 10.0. The molecule has 3 rings (SSSR count). The predicted octanol–water partition coefficient (Wildman–Crippen LogP) is 3.10. The van der Waals surface area contributed by atoms with E-state index in [1.807, 2.05) is 12.1 Å². The average Bonchev–Trinajstić information content (AvgIpc) is 2.59. The molecule has 0 spiro atoms. The molecular formula is C17H18ClNO4S. The van der Waals surface area contributed by atoms with E-state index in [2.05, 4.69) is 0 Å². The van der Waals surface area contributed by atoms with E-state index < -0.39 is 10.0 Å². The number of halogens is 1.